The van der Waals surface area contributed by atoms with Gasteiger partial charge in [-0.25, -0.2) is 4.98 Å². The topological polar surface area (TPSA) is 46.9 Å². The molecule has 4 aromatic rings. The summed E-state index contributed by atoms with van der Waals surface area (Å²) in [5.74, 6) is 1.11. The van der Waals surface area contributed by atoms with Gasteiger partial charge in [0.15, 0.2) is 0 Å². The lowest BCUT2D eigenvalue weighted by atomic mass is 10.1. The third-order valence-corrected chi connectivity index (χ3v) is 6.32. The van der Waals surface area contributed by atoms with Crippen LogP contribution in [-0.4, -0.2) is 22.0 Å². The van der Waals surface area contributed by atoms with Crippen LogP contribution in [0.1, 0.15) is 36.2 Å². The van der Waals surface area contributed by atoms with E-state index in [0.29, 0.717) is 24.5 Å². The van der Waals surface area contributed by atoms with Crippen LogP contribution < -0.4 is 5.32 Å². The van der Waals surface area contributed by atoms with Gasteiger partial charge in [-0.3, -0.25) is 4.79 Å². The molecule has 3 aromatic carbocycles. The summed E-state index contributed by atoms with van der Waals surface area (Å²) in [6.45, 7) is 1.39. The Morgan fingerprint density at radius 1 is 0.879 bits per heavy atom. The Kier molecular flexibility index (Phi) is 8.03. The molecule has 4 rings (SSSR count). The molecule has 0 saturated carbocycles. The minimum Gasteiger partial charge on any atom is -0.356 e. The third kappa shape index (κ3) is 6.37. The lowest BCUT2D eigenvalue weighted by Gasteiger charge is -2.11. The minimum atomic E-state index is 0.0406. The molecule has 0 aliphatic rings. The van der Waals surface area contributed by atoms with E-state index in [1.807, 2.05) is 54.6 Å². The molecular weight excluding hydrogens is 453 g/mol. The predicted molar refractivity (Wildman–Crippen MR) is 136 cm³/mol. The number of benzene rings is 3. The van der Waals surface area contributed by atoms with Crippen molar-refractivity contribution in [2.45, 2.75) is 38.6 Å². The average molecular weight is 480 g/mol. The van der Waals surface area contributed by atoms with Crippen molar-refractivity contribution in [2.75, 3.05) is 6.54 Å². The maximum absolute atomic E-state index is 12.1. The van der Waals surface area contributed by atoms with Crippen LogP contribution in [0.25, 0.3) is 11.0 Å². The van der Waals surface area contributed by atoms with Crippen LogP contribution in [0.5, 0.6) is 0 Å². The van der Waals surface area contributed by atoms with E-state index < -0.39 is 0 Å². The molecule has 0 aliphatic carbocycles. The number of fused-ring (bicyclic) bond motifs is 1. The summed E-state index contributed by atoms with van der Waals surface area (Å²) in [4.78, 5) is 17.0. The number of hydrogen-bond acceptors (Lipinski definition) is 2. The number of carbonyl (C=O) groups is 1. The first-order chi connectivity index (χ1) is 16.1. The van der Waals surface area contributed by atoms with Crippen molar-refractivity contribution in [1.29, 1.82) is 0 Å². The summed E-state index contributed by atoms with van der Waals surface area (Å²) >= 11 is 12.3. The molecule has 33 heavy (non-hydrogen) atoms. The fourth-order valence-corrected chi connectivity index (χ4v) is 4.27. The molecule has 0 spiro atoms. The van der Waals surface area contributed by atoms with Crippen molar-refractivity contribution >= 4 is 40.1 Å². The summed E-state index contributed by atoms with van der Waals surface area (Å²) in [6.07, 6.45) is 4.24. The van der Waals surface area contributed by atoms with Gasteiger partial charge in [0, 0.05) is 23.0 Å². The van der Waals surface area contributed by atoms with Crippen LogP contribution in [0, 0.1) is 0 Å². The highest BCUT2D eigenvalue weighted by Crippen LogP contribution is 2.22. The molecule has 1 N–H and O–H groups in total. The van der Waals surface area contributed by atoms with Gasteiger partial charge in [-0.05, 0) is 54.3 Å². The van der Waals surface area contributed by atoms with Crippen LogP contribution in [0.2, 0.25) is 10.0 Å². The molecule has 0 radical (unpaired) electrons. The van der Waals surface area contributed by atoms with E-state index in [9.17, 15) is 4.79 Å². The van der Waals surface area contributed by atoms with E-state index in [1.54, 1.807) is 0 Å². The van der Waals surface area contributed by atoms with Gasteiger partial charge in [0.25, 0.3) is 0 Å². The highest BCUT2D eigenvalue weighted by molar-refractivity contribution is 6.31. The van der Waals surface area contributed by atoms with Gasteiger partial charge in [0.05, 0.1) is 24.0 Å². The zero-order valence-corrected chi connectivity index (χ0v) is 19.9. The highest BCUT2D eigenvalue weighted by Gasteiger charge is 2.12. The molecule has 0 bridgehead atoms. The lowest BCUT2D eigenvalue weighted by molar-refractivity contribution is -0.120. The zero-order valence-electron chi connectivity index (χ0n) is 18.4. The molecule has 1 amide bonds. The van der Waals surface area contributed by atoms with Crippen molar-refractivity contribution in [3.63, 3.8) is 0 Å². The molecule has 6 heteroatoms. The first-order valence-corrected chi connectivity index (χ1v) is 12.0. The van der Waals surface area contributed by atoms with Gasteiger partial charge in [-0.2, -0.15) is 0 Å². The van der Waals surface area contributed by atoms with E-state index in [1.165, 1.54) is 0 Å². The largest absolute Gasteiger partial charge is 0.356 e. The Balaban J connectivity index is 1.28. The molecular formula is C27H27Cl2N3O. The van der Waals surface area contributed by atoms with E-state index in [4.69, 9.17) is 28.2 Å². The number of nitrogens with zero attached hydrogens (tertiary/aromatic N) is 2. The number of unbranched alkanes of at least 4 members (excludes halogenated alkanes) is 2. The maximum atomic E-state index is 12.1. The van der Waals surface area contributed by atoms with Crippen LogP contribution >= 0.6 is 23.2 Å². The number of nitrogens with one attached hydrogen (secondary N) is 1. The van der Waals surface area contributed by atoms with Crippen LogP contribution in [-0.2, 0) is 24.2 Å². The van der Waals surface area contributed by atoms with Crippen molar-refractivity contribution < 1.29 is 4.79 Å². The van der Waals surface area contributed by atoms with Crippen molar-refractivity contribution in [1.82, 2.24) is 14.9 Å². The number of rotatable bonds is 10. The number of imidazole rings is 1. The van der Waals surface area contributed by atoms with Gasteiger partial charge >= 0.3 is 0 Å². The summed E-state index contributed by atoms with van der Waals surface area (Å²) < 4.78 is 2.27. The lowest BCUT2D eigenvalue weighted by Crippen LogP contribution is -2.26. The smallest absolute Gasteiger partial charge is 0.224 e. The SMILES string of the molecule is O=C(Cc1ccc(Cl)cc1)NCCCCCc1nc2ccccc2n1Cc1ccccc1Cl. The molecule has 0 atom stereocenters. The van der Waals surface area contributed by atoms with E-state index >= 15 is 0 Å². The summed E-state index contributed by atoms with van der Waals surface area (Å²) in [5, 5.41) is 4.46. The number of aryl methyl sites for hydroxylation is 1. The Morgan fingerprint density at radius 3 is 2.45 bits per heavy atom. The minimum absolute atomic E-state index is 0.0406. The summed E-state index contributed by atoms with van der Waals surface area (Å²) in [7, 11) is 0. The Morgan fingerprint density at radius 2 is 1.64 bits per heavy atom. The van der Waals surface area contributed by atoms with Gasteiger partial charge in [-0.15, -0.1) is 0 Å². The van der Waals surface area contributed by atoms with Gasteiger partial charge in [0.2, 0.25) is 5.91 Å². The van der Waals surface area contributed by atoms with Crippen LogP contribution in [0.15, 0.2) is 72.8 Å². The molecule has 170 valence electrons. The van der Waals surface area contributed by atoms with Crippen molar-refractivity contribution in [2.24, 2.45) is 0 Å². The highest BCUT2D eigenvalue weighted by atomic mass is 35.5. The summed E-state index contributed by atoms with van der Waals surface area (Å²) in [6, 6.07) is 23.6. The normalized spacial score (nSPS) is 11.1. The number of hydrogen-bond donors (Lipinski definition) is 1. The standard InChI is InChI=1S/C27H27Cl2N3O/c28-22-15-13-20(14-16-22)18-27(33)30-17-7-1-2-12-26-31-24-10-5-6-11-25(24)32(26)19-21-8-3-4-9-23(21)29/h3-6,8-11,13-16H,1-2,7,12,17-19H2,(H,30,33). The molecule has 0 fully saturated rings. The first kappa shape index (κ1) is 23.3. The number of aromatic nitrogens is 2. The van der Waals surface area contributed by atoms with E-state index in [-0.39, 0.29) is 5.91 Å². The number of carbonyl (C=O) groups excluding carboxylic acids is 1. The summed E-state index contributed by atoms with van der Waals surface area (Å²) in [5.41, 5.74) is 4.19. The van der Waals surface area contributed by atoms with Gasteiger partial charge in [0.1, 0.15) is 5.82 Å². The van der Waals surface area contributed by atoms with E-state index in [0.717, 1.165) is 58.7 Å². The van der Waals surface area contributed by atoms with Crippen LogP contribution in [0.3, 0.4) is 0 Å². The second-order valence-corrected chi connectivity index (χ2v) is 9.00. The molecule has 0 aliphatic heterocycles. The fourth-order valence-electron chi connectivity index (χ4n) is 3.95. The third-order valence-electron chi connectivity index (χ3n) is 5.70. The second kappa shape index (κ2) is 11.4. The van der Waals surface area contributed by atoms with Gasteiger partial charge < -0.3 is 9.88 Å². The quantitative estimate of drug-likeness (QED) is 0.265. The number of para-hydroxylation sites is 2. The molecule has 1 aromatic heterocycles. The van der Waals surface area contributed by atoms with Crippen LogP contribution in [0.4, 0.5) is 0 Å². The second-order valence-electron chi connectivity index (χ2n) is 8.16. The molecule has 0 saturated heterocycles. The zero-order chi connectivity index (χ0) is 23.0. The number of halogens is 2. The maximum Gasteiger partial charge on any atom is 0.224 e. The van der Waals surface area contributed by atoms with Crippen molar-refractivity contribution in [3.8, 4) is 0 Å². The monoisotopic (exact) mass is 479 g/mol. The first-order valence-electron chi connectivity index (χ1n) is 11.3. The van der Waals surface area contributed by atoms with Gasteiger partial charge in [-0.1, -0.05) is 72.1 Å². The fraction of sp³-hybridized carbons (Fsp3) is 0.259. The predicted octanol–water partition coefficient (Wildman–Crippen LogP) is 6.46. The Bertz CT molecular complexity index is 1220. The van der Waals surface area contributed by atoms with E-state index in [2.05, 4.69) is 28.1 Å². The Labute approximate surface area is 204 Å². The molecule has 0 unspecified atom stereocenters. The molecule has 1 heterocycles. The van der Waals surface area contributed by atoms with Crippen molar-refractivity contribution in [3.05, 3.63) is 99.8 Å². The average Bonchev–Trinajstić information content (AvgIpc) is 3.16. The Hall–Kier alpha value is -2.82. The molecule has 4 nitrogen and oxygen atoms in total. The number of amides is 1.